The molecule has 2 aliphatic rings. The Balaban J connectivity index is 2.13. The van der Waals surface area contributed by atoms with Crippen LogP contribution < -0.4 is 0 Å². The number of hydrogen-bond acceptors (Lipinski definition) is 5. The minimum Gasteiger partial charge on any atom is -0.481 e. The van der Waals surface area contributed by atoms with Gasteiger partial charge in [0.1, 0.15) is 6.10 Å². The van der Waals surface area contributed by atoms with E-state index >= 15 is 0 Å². The maximum Gasteiger partial charge on any atom is 0.311 e. The highest BCUT2D eigenvalue weighted by Gasteiger charge is 2.42. The lowest BCUT2D eigenvalue weighted by atomic mass is 9.66. The smallest absolute Gasteiger partial charge is 0.311 e. The maximum absolute atomic E-state index is 12.8. The van der Waals surface area contributed by atoms with E-state index in [4.69, 9.17) is 9.84 Å². The summed E-state index contributed by atoms with van der Waals surface area (Å²) in [5.41, 5.74) is 1.49. The second-order valence-corrected chi connectivity index (χ2v) is 9.81. The number of hydrogen-bond donors (Lipinski definition) is 3. The first-order chi connectivity index (χ1) is 14.4. The molecule has 2 rings (SSSR count). The van der Waals surface area contributed by atoms with Crippen LogP contribution in [0.2, 0.25) is 0 Å². The van der Waals surface area contributed by atoms with Gasteiger partial charge in [-0.3, -0.25) is 9.59 Å². The number of aliphatic hydroxyl groups excluding tert-OH is 2. The van der Waals surface area contributed by atoms with Crippen molar-refractivity contribution in [3.05, 3.63) is 36.0 Å². The number of ether oxygens (including phenoxy) is 1. The first-order valence-electron chi connectivity index (χ1n) is 11.3. The SMILES string of the molecule is C=C1C=C2C=CC(C)C(CCC(O)CC(O)CC(=O)O)C2C(OC(=O)C(C)(C)CC)C1. The predicted octanol–water partition coefficient (Wildman–Crippen LogP) is 4.03. The molecule has 0 spiro atoms. The molecular formula is C25H38O6. The summed E-state index contributed by atoms with van der Waals surface area (Å²) in [5.74, 6) is -0.851. The molecule has 0 saturated carbocycles. The minimum atomic E-state index is -1.08. The molecule has 174 valence electrons. The van der Waals surface area contributed by atoms with Crippen molar-refractivity contribution in [2.75, 3.05) is 0 Å². The third-order valence-electron chi connectivity index (χ3n) is 6.83. The molecule has 6 atom stereocenters. The number of allylic oxidation sites excluding steroid dienone is 3. The Morgan fingerprint density at radius 2 is 1.97 bits per heavy atom. The van der Waals surface area contributed by atoms with Crippen LogP contribution in [0.25, 0.3) is 0 Å². The second kappa shape index (κ2) is 10.6. The van der Waals surface area contributed by atoms with Gasteiger partial charge in [0, 0.05) is 12.3 Å². The number of aliphatic hydroxyl groups is 2. The van der Waals surface area contributed by atoms with Crippen molar-refractivity contribution in [2.45, 2.75) is 84.5 Å². The first kappa shape index (κ1) is 25.3. The number of aliphatic carboxylic acids is 1. The number of fused-ring (bicyclic) bond motifs is 1. The summed E-state index contributed by atoms with van der Waals surface area (Å²) in [4.78, 5) is 23.5. The van der Waals surface area contributed by atoms with Gasteiger partial charge in [-0.05, 0) is 56.9 Å². The average Bonchev–Trinajstić information content (AvgIpc) is 2.66. The Kier molecular flexibility index (Phi) is 8.66. The molecule has 0 heterocycles. The maximum atomic E-state index is 12.8. The Morgan fingerprint density at radius 3 is 2.58 bits per heavy atom. The van der Waals surface area contributed by atoms with Crippen LogP contribution >= 0.6 is 0 Å². The lowest BCUT2D eigenvalue weighted by Gasteiger charge is -2.43. The zero-order chi connectivity index (χ0) is 23.3. The van der Waals surface area contributed by atoms with Gasteiger partial charge >= 0.3 is 11.9 Å². The average molecular weight is 435 g/mol. The van der Waals surface area contributed by atoms with Crippen LogP contribution in [0.15, 0.2) is 36.0 Å². The van der Waals surface area contributed by atoms with Gasteiger partial charge in [-0.1, -0.05) is 44.2 Å². The number of carboxylic acid groups (broad SMARTS) is 1. The van der Waals surface area contributed by atoms with Crippen molar-refractivity contribution in [2.24, 2.45) is 23.2 Å². The molecule has 0 amide bonds. The first-order valence-corrected chi connectivity index (χ1v) is 11.3. The molecule has 31 heavy (non-hydrogen) atoms. The normalized spacial score (nSPS) is 27.8. The van der Waals surface area contributed by atoms with Gasteiger partial charge in [0.15, 0.2) is 0 Å². The highest BCUT2D eigenvalue weighted by atomic mass is 16.5. The van der Waals surface area contributed by atoms with E-state index < -0.39 is 23.6 Å². The molecule has 6 unspecified atom stereocenters. The molecule has 0 aromatic heterocycles. The molecular weight excluding hydrogens is 396 g/mol. The zero-order valence-electron chi connectivity index (χ0n) is 19.2. The summed E-state index contributed by atoms with van der Waals surface area (Å²) >= 11 is 0. The van der Waals surface area contributed by atoms with Crippen molar-refractivity contribution in [3.63, 3.8) is 0 Å². The number of rotatable bonds is 10. The second-order valence-electron chi connectivity index (χ2n) is 9.81. The molecule has 3 N–H and O–H groups in total. The summed E-state index contributed by atoms with van der Waals surface area (Å²) < 4.78 is 6.04. The molecule has 0 aliphatic heterocycles. The molecule has 2 aliphatic carbocycles. The predicted molar refractivity (Wildman–Crippen MR) is 119 cm³/mol. The van der Waals surface area contributed by atoms with Crippen molar-refractivity contribution >= 4 is 11.9 Å². The van der Waals surface area contributed by atoms with Crippen LogP contribution in [0.4, 0.5) is 0 Å². The Bertz CT molecular complexity index is 734. The Labute approximate surface area is 185 Å². The Hall–Kier alpha value is -1.92. The van der Waals surface area contributed by atoms with E-state index in [1.807, 2.05) is 20.8 Å². The molecule has 0 saturated heterocycles. The van der Waals surface area contributed by atoms with E-state index in [0.29, 0.717) is 25.7 Å². The van der Waals surface area contributed by atoms with Gasteiger partial charge in [-0.25, -0.2) is 0 Å². The fraction of sp³-hybridized carbons (Fsp3) is 0.680. The van der Waals surface area contributed by atoms with E-state index in [2.05, 4.69) is 31.7 Å². The topological polar surface area (TPSA) is 104 Å². The van der Waals surface area contributed by atoms with E-state index in [1.54, 1.807) is 0 Å². The van der Waals surface area contributed by atoms with Gasteiger partial charge in [0.2, 0.25) is 0 Å². The van der Waals surface area contributed by atoms with Crippen LogP contribution in [0, 0.1) is 23.2 Å². The summed E-state index contributed by atoms with van der Waals surface area (Å²) in [5, 5.41) is 28.9. The fourth-order valence-electron chi connectivity index (χ4n) is 4.51. The quantitative estimate of drug-likeness (QED) is 0.449. The molecule has 0 radical (unpaired) electrons. The van der Waals surface area contributed by atoms with Gasteiger partial charge in [0.25, 0.3) is 0 Å². The summed E-state index contributed by atoms with van der Waals surface area (Å²) in [6.45, 7) is 12.0. The van der Waals surface area contributed by atoms with E-state index in [0.717, 1.165) is 11.1 Å². The molecule has 0 aromatic carbocycles. The number of carboxylic acids is 1. The van der Waals surface area contributed by atoms with E-state index in [-0.39, 0.29) is 42.7 Å². The Morgan fingerprint density at radius 1 is 1.29 bits per heavy atom. The van der Waals surface area contributed by atoms with Crippen molar-refractivity contribution in [3.8, 4) is 0 Å². The summed E-state index contributed by atoms with van der Waals surface area (Å²) in [7, 11) is 0. The summed E-state index contributed by atoms with van der Waals surface area (Å²) in [6.07, 6.45) is 6.26. The number of carbonyl (C=O) groups excluding carboxylic acids is 1. The van der Waals surface area contributed by atoms with Crippen molar-refractivity contribution < 1.29 is 29.6 Å². The molecule has 0 fully saturated rings. The van der Waals surface area contributed by atoms with Crippen LogP contribution in [-0.2, 0) is 14.3 Å². The van der Waals surface area contributed by atoms with Gasteiger partial charge in [0.05, 0.1) is 24.0 Å². The highest BCUT2D eigenvalue weighted by molar-refractivity contribution is 5.76. The van der Waals surface area contributed by atoms with Crippen LogP contribution in [0.5, 0.6) is 0 Å². The third kappa shape index (κ3) is 6.78. The zero-order valence-corrected chi connectivity index (χ0v) is 19.2. The third-order valence-corrected chi connectivity index (χ3v) is 6.83. The monoisotopic (exact) mass is 434 g/mol. The van der Waals surface area contributed by atoms with Gasteiger partial charge in [-0.15, -0.1) is 0 Å². The molecule has 6 nitrogen and oxygen atoms in total. The number of esters is 1. The van der Waals surface area contributed by atoms with Crippen molar-refractivity contribution in [1.29, 1.82) is 0 Å². The van der Waals surface area contributed by atoms with Gasteiger partial charge < -0.3 is 20.1 Å². The standard InChI is InChI=1S/C25H38O6/c1-6-25(4,5)24(30)31-21-12-15(2)11-17-8-7-16(3)20(23(17)21)10-9-18(26)13-19(27)14-22(28)29/h7-8,11,16,18-21,23,26-27H,2,6,9-10,12-14H2,1,3-5H3,(H,28,29). The largest absolute Gasteiger partial charge is 0.481 e. The van der Waals surface area contributed by atoms with Crippen LogP contribution in [0.1, 0.15) is 66.2 Å². The molecule has 6 heteroatoms. The highest BCUT2D eigenvalue weighted by Crippen LogP contribution is 2.45. The van der Waals surface area contributed by atoms with Gasteiger partial charge in [-0.2, -0.15) is 0 Å². The number of carbonyl (C=O) groups is 2. The molecule has 0 aromatic rings. The lowest BCUT2D eigenvalue weighted by molar-refractivity contribution is -0.163. The summed E-state index contributed by atoms with van der Waals surface area (Å²) in [6, 6.07) is 0. The minimum absolute atomic E-state index is 0.0262. The van der Waals surface area contributed by atoms with Crippen LogP contribution in [0.3, 0.4) is 0 Å². The van der Waals surface area contributed by atoms with E-state index in [9.17, 15) is 19.8 Å². The molecule has 0 bridgehead atoms. The van der Waals surface area contributed by atoms with E-state index in [1.165, 1.54) is 0 Å². The lowest BCUT2D eigenvalue weighted by Crippen LogP contribution is -2.42. The van der Waals surface area contributed by atoms with Crippen LogP contribution in [-0.4, -0.2) is 45.6 Å². The fourth-order valence-corrected chi connectivity index (χ4v) is 4.51. The van der Waals surface area contributed by atoms with Crippen molar-refractivity contribution in [1.82, 2.24) is 0 Å².